The largest absolute Gasteiger partial charge is 0.322 e. The Morgan fingerprint density at radius 2 is 1.65 bits per heavy atom. The van der Waals surface area contributed by atoms with Gasteiger partial charge in [-0.25, -0.2) is 9.48 Å². The fourth-order valence-electron chi connectivity index (χ4n) is 3.53. The van der Waals surface area contributed by atoms with Crippen LogP contribution in [0.5, 0.6) is 0 Å². The van der Waals surface area contributed by atoms with Crippen molar-refractivity contribution >= 4 is 23.4 Å². The average molecular weight is 462 g/mol. The van der Waals surface area contributed by atoms with E-state index in [0.29, 0.717) is 12.4 Å². The summed E-state index contributed by atoms with van der Waals surface area (Å²) in [5.74, 6) is 0.501. The van der Waals surface area contributed by atoms with Gasteiger partial charge in [0.1, 0.15) is 12.4 Å². The first-order valence-corrected chi connectivity index (χ1v) is 11.6. The van der Waals surface area contributed by atoms with E-state index in [1.807, 2.05) is 81.4 Å². The highest BCUT2D eigenvalue weighted by atomic mass is 16.2. The highest BCUT2D eigenvalue weighted by Gasteiger charge is 2.23. The summed E-state index contributed by atoms with van der Waals surface area (Å²) < 4.78 is 1.73. The first kappa shape index (κ1) is 25.0. The van der Waals surface area contributed by atoms with Gasteiger partial charge in [0.25, 0.3) is 0 Å². The number of aromatic nitrogens is 2. The zero-order valence-corrected chi connectivity index (χ0v) is 20.9. The van der Waals surface area contributed by atoms with Crippen LogP contribution in [0.3, 0.4) is 0 Å². The van der Waals surface area contributed by atoms with Crippen LogP contribution >= 0.6 is 0 Å². The Labute approximate surface area is 202 Å². The molecule has 0 bridgehead atoms. The molecule has 3 rings (SSSR count). The number of carbonyl (C=O) groups excluding carboxylic acids is 2. The zero-order valence-electron chi connectivity index (χ0n) is 20.9. The number of amides is 3. The van der Waals surface area contributed by atoms with E-state index in [0.717, 1.165) is 22.6 Å². The van der Waals surface area contributed by atoms with Gasteiger partial charge in [-0.3, -0.25) is 4.79 Å². The molecular weight excluding hydrogens is 426 g/mol. The van der Waals surface area contributed by atoms with Crippen LogP contribution in [-0.4, -0.2) is 39.7 Å². The van der Waals surface area contributed by atoms with Crippen LogP contribution < -0.4 is 10.6 Å². The molecule has 0 saturated heterocycles. The summed E-state index contributed by atoms with van der Waals surface area (Å²) in [4.78, 5) is 27.7. The predicted octanol–water partition coefficient (Wildman–Crippen LogP) is 5.61. The number of carbonyl (C=O) groups is 2. The molecule has 7 heteroatoms. The van der Waals surface area contributed by atoms with E-state index in [2.05, 4.69) is 31.4 Å². The molecule has 1 aromatic heterocycles. The molecule has 0 unspecified atom stereocenters. The van der Waals surface area contributed by atoms with Gasteiger partial charge >= 0.3 is 6.03 Å². The van der Waals surface area contributed by atoms with E-state index in [9.17, 15) is 9.59 Å². The first-order valence-electron chi connectivity index (χ1n) is 11.6. The second kappa shape index (κ2) is 10.5. The number of urea groups is 1. The molecule has 0 atom stereocenters. The molecule has 0 aliphatic heterocycles. The van der Waals surface area contributed by atoms with Crippen molar-refractivity contribution < 1.29 is 9.59 Å². The van der Waals surface area contributed by atoms with Crippen molar-refractivity contribution in [3.63, 3.8) is 0 Å². The van der Waals surface area contributed by atoms with E-state index in [-0.39, 0.29) is 29.8 Å². The van der Waals surface area contributed by atoms with E-state index in [1.54, 1.807) is 9.58 Å². The lowest BCUT2D eigenvalue weighted by Gasteiger charge is -2.25. The summed E-state index contributed by atoms with van der Waals surface area (Å²) in [6.07, 6.45) is 0. The highest BCUT2D eigenvalue weighted by Crippen LogP contribution is 2.26. The summed E-state index contributed by atoms with van der Waals surface area (Å²) in [5, 5.41) is 10.7. The van der Waals surface area contributed by atoms with E-state index in [4.69, 9.17) is 5.10 Å². The molecule has 34 heavy (non-hydrogen) atoms. The predicted molar refractivity (Wildman–Crippen MR) is 138 cm³/mol. The maximum atomic E-state index is 13.1. The van der Waals surface area contributed by atoms with E-state index >= 15 is 0 Å². The standard InChI is InChI=1S/C27H35N5O2/c1-19(2)17-31(26(34)28-22-15-11-10-12-20(22)3)18-25(33)29-24-16-23(27(4,5)6)30-32(24)21-13-8-7-9-14-21/h7-16,19H,17-18H2,1-6H3,(H,28,34)(H,29,33). The molecule has 0 fully saturated rings. The maximum Gasteiger partial charge on any atom is 0.322 e. The normalized spacial score (nSPS) is 11.4. The van der Waals surface area contributed by atoms with Crippen LogP contribution in [0.4, 0.5) is 16.3 Å². The molecule has 1 heterocycles. The van der Waals surface area contributed by atoms with Crippen molar-refractivity contribution in [2.45, 2.75) is 47.0 Å². The van der Waals surface area contributed by atoms with Gasteiger partial charge in [-0.15, -0.1) is 0 Å². The number of benzene rings is 2. The number of para-hydroxylation sites is 2. The molecule has 3 aromatic rings. The lowest BCUT2D eigenvalue weighted by Crippen LogP contribution is -2.42. The summed E-state index contributed by atoms with van der Waals surface area (Å²) in [6.45, 7) is 12.6. The Balaban J connectivity index is 1.81. The number of hydrogen-bond acceptors (Lipinski definition) is 3. The Morgan fingerprint density at radius 3 is 2.26 bits per heavy atom. The summed E-state index contributed by atoms with van der Waals surface area (Å²) >= 11 is 0. The van der Waals surface area contributed by atoms with Gasteiger partial charge in [0.15, 0.2) is 0 Å². The van der Waals surface area contributed by atoms with Gasteiger partial charge in [-0.2, -0.15) is 5.10 Å². The van der Waals surface area contributed by atoms with Gasteiger partial charge in [0, 0.05) is 23.7 Å². The lowest BCUT2D eigenvalue weighted by atomic mass is 9.92. The fourth-order valence-corrected chi connectivity index (χ4v) is 3.53. The summed E-state index contributed by atoms with van der Waals surface area (Å²) in [5.41, 5.74) is 3.23. The van der Waals surface area contributed by atoms with Crippen molar-refractivity contribution in [2.24, 2.45) is 5.92 Å². The lowest BCUT2D eigenvalue weighted by molar-refractivity contribution is -0.116. The maximum absolute atomic E-state index is 13.1. The number of nitrogens with one attached hydrogen (secondary N) is 2. The van der Waals surface area contributed by atoms with Crippen molar-refractivity contribution in [1.29, 1.82) is 0 Å². The molecule has 2 N–H and O–H groups in total. The second-order valence-electron chi connectivity index (χ2n) is 9.98. The average Bonchev–Trinajstić information content (AvgIpc) is 3.19. The molecule has 0 aliphatic rings. The first-order chi connectivity index (χ1) is 16.0. The second-order valence-corrected chi connectivity index (χ2v) is 9.98. The van der Waals surface area contributed by atoms with Crippen LogP contribution in [0.2, 0.25) is 0 Å². The smallest absolute Gasteiger partial charge is 0.315 e. The number of nitrogens with zero attached hydrogens (tertiary/aromatic N) is 3. The highest BCUT2D eigenvalue weighted by molar-refractivity contribution is 5.97. The number of anilines is 2. The van der Waals surface area contributed by atoms with Crippen LogP contribution in [0.1, 0.15) is 45.9 Å². The minimum Gasteiger partial charge on any atom is -0.315 e. The monoisotopic (exact) mass is 461 g/mol. The molecule has 2 aromatic carbocycles. The Morgan fingerprint density at radius 1 is 1.00 bits per heavy atom. The van der Waals surface area contributed by atoms with E-state index < -0.39 is 0 Å². The Bertz CT molecular complexity index is 1130. The van der Waals surface area contributed by atoms with Crippen LogP contribution in [0, 0.1) is 12.8 Å². The topological polar surface area (TPSA) is 79.3 Å². The van der Waals surface area contributed by atoms with Crippen molar-refractivity contribution in [1.82, 2.24) is 14.7 Å². The minimum absolute atomic E-state index is 0.0687. The van der Waals surface area contributed by atoms with Crippen molar-refractivity contribution in [3.05, 3.63) is 71.9 Å². The van der Waals surface area contributed by atoms with Gasteiger partial charge < -0.3 is 15.5 Å². The third-order valence-corrected chi connectivity index (χ3v) is 5.34. The molecule has 7 nitrogen and oxygen atoms in total. The van der Waals surface area contributed by atoms with Crippen molar-refractivity contribution in [3.8, 4) is 5.69 Å². The molecule has 180 valence electrons. The number of hydrogen-bond donors (Lipinski definition) is 2. The van der Waals surface area contributed by atoms with E-state index in [1.165, 1.54) is 0 Å². The van der Waals surface area contributed by atoms with Crippen LogP contribution in [0.25, 0.3) is 5.69 Å². The molecular formula is C27H35N5O2. The quantitative estimate of drug-likeness (QED) is 0.480. The SMILES string of the molecule is Cc1ccccc1NC(=O)N(CC(=O)Nc1cc(C(C)(C)C)nn1-c1ccccc1)CC(C)C. The van der Waals surface area contributed by atoms with Crippen LogP contribution in [-0.2, 0) is 10.2 Å². The van der Waals surface area contributed by atoms with Gasteiger partial charge in [-0.05, 0) is 36.6 Å². The number of aryl methyl sites for hydroxylation is 1. The molecule has 0 saturated carbocycles. The third kappa shape index (κ3) is 6.47. The zero-order chi connectivity index (χ0) is 24.9. The third-order valence-electron chi connectivity index (χ3n) is 5.34. The molecule has 0 spiro atoms. The Kier molecular flexibility index (Phi) is 7.76. The summed E-state index contributed by atoms with van der Waals surface area (Å²) in [6, 6.07) is 18.9. The molecule has 0 radical (unpaired) electrons. The number of rotatable bonds is 7. The van der Waals surface area contributed by atoms with Gasteiger partial charge in [0.05, 0.1) is 11.4 Å². The minimum atomic E-state index is -0.301. The fraction of sp³-hybridized carbons (Fsp3) is 0.370. The van der Waals surface area contributed by atoms with Gasteiger partial charge in [0.2, 0.25) is 5.91 Å². The Hall–Kier alpha value is -3.61. The summed E-state index contributed by atoms with van der Waals surface area (Å²) in [7, 11) is 0. The van der Waals surface area contributed by atoms with Crippen LogP contribution in [0.15, 0.2) is 60.7 Å². The molecule has 0 aliphatic carbocycles. The van der Waals surface area contributed by atoms with Crippen molar-refractivity contribution in [2.75, 3.05) is 23.7 Å². The molecule has 3 amide bonds. The van der Waals surface area contributed by atoms with Gasteiger partial charge in [-0.1, -0.05) is 71.0 Å².